The predicted molar refractivity (Wildman–Crippen MR) is 473 cm³/mol. The summed E-state index contributed by atoms with van der Waals surface area (Å²) < 4.78 is 22.5. The molecule has 4 aliphatic heterocycles. The van der Waals surface area contributed by atoms with E-state index in [2.05, 4.69) is 112 Å². The van der Waals surface area contributed by atoms with Gasteiger partial charge in [0.2, 0.25) is 0 Å². The standard InChI is InChI=1S/C25H26N6O.C24H24N6O.C24H26N6O.C21H21N3O3/c1-16-14-31-23(17(2)26-16)12-22(28-31)21-13-25(32)30-15-19(6-7-24(30)27-21)18-8-10-29(11-9-18)20-4-3-5-20;1-15-13-30-22(16(2)25-15)11-21(27-30)20-12-24(31)29-14-18(3-6-23(29)26-20)17-7-9-28(10-8-17)19-4-5-19;1-15(2)28-9-7-18(8-10-28)19-5-6-23-26-20(12-24(31)29(23)14-19)21-11-22-17(4)25-16(3)13-30(22)27-21;1-26-18-5-3-15(11-19(18)27-2)17-12-21(25)24-13-16(4-6-20(24)23-17)14-7-9-22-10-8-14/h6-8,12-15,20H,3-5,9-11H2,1-2H3;3,6-7,11-14,19H,4-5,8-10H2,1-2H3;5-7,11-15H,8-10H2,1-4H3;3-7,11-13,22H,8-10H2,1-2H3. The van der Waals surface area contributed by atoms with Crippen molar-refractivity contribution in [3.8, 4) is 56.9 Å². The van der Waals surface area contributed by atoms with Crippen molar-refractivity contribution in [2.75, 3.05) is 66.6 Å². The second-order valence-corrected chi connectivity index (χ2v) is 32.6. The highest BCUT2D eigenvalue weighted by Gasteiger charge is 2.31. The molecule has 0 radical (unpaired) electrons. The van der Waals surface area contributed by atoms with Crippen molar-refractivity contribution in [2.45, 2.75) is 131 Å². The Morgan fingerprint density at radius 3 is 1.08 bits per heavy atom. The normalized spacial score (nSPS) is 16.2. The van der Waals surface area contributed by atoms with Gasteiger partial charge in [-0.2, -0.15) is 15.3 Å². The molecule has 15 aromatic rings. The largest absolute Gasteiger partial charge is 0.493 e. The van der Waals surface area contributed by atoms with Crippen molar-refractivity contribution >= 4 is 61.4 Å². The fraction of sp³-hybridized carbons (Fsp3) is 0.319. The second kappa shape index (κ2) is 33.3. The highest BCUT2D eigenvalue weighted by molar-refractivity contribution is 5.75. The van der Waals surface area contributed by atoms with Crippen molar-refractivity contribution < 1.29 is 9.47 Å². The molecule has 21 rings (SSSR count). The lowest BCUT2D eigenvalue weighted by molar-refractivity contribution is 0.141. The third kappa shape index (κ3) is 16.5. The van der Waals surface area contributed by atoms with Gasteiger partial charge in [0.05, 0.1) is 106 Å². The summed E-state index contributed by atoms with van der Waals surface area (Å²) in [6.07, 6.45) is 33.1. The number of nitrogens with one attached hydrogen (secondary N) is 1. The van der Waals surface area contributed by atoms with Crippen molar-refractivity contribution in [3.63, 3.8) is 0 Å². The van der Waals surface area contributed by atoms with Crippen LogP contribution in [0.3, 0.4) is 0 Å². The van der Waals surface area contributed by atoms with E-state index in [-0.39, 0.29) is 22.2 Å². The predicted octanol–water partition coefficient (Wildman–Crippen LogP) is 13.2. The zero-order valence-electron chi connectivity index (χ0n) is 69.9. The van der Waals surface area contributed by atoms with Gasteiger partial charge in [-0.05, 0) is 243 Å². The molecule has 1 N–H and O–H groups in total. The van der Waals surface area contributed by atoms with Crippen molar-refractivity contribution in [3.05, 3.63) is 275 Å². The number of rotatable bonds is 13. The van der Waals surface area contributed by atoms with Gasteiger partial charge in [-0.1, -0.05) is 30.7 Å². The van der Waals surface area contributed by atoms with Crippen LogP contribution in [0.4, 0.5) is 0 Å². The lowest BCUT2D eigenvalue weighted by Gasteiger charge is -2.39. The highest BCUT2D eigenvalue weighted by Crippen LogP contribution is 2.36. The molecule has 0 spiro atoms. The number of fused-ring (bicyclic) bond motifs is 7. The molecular weight excluding hydrogens is 1520 g/mol. The van der Waals surface area contributed by atoms with Crippen LogP contribution >= 0.6 is 0 Å². The van der Waals surface area contributed by atoms with Crippen molar-refractivity contribution in [2.24, 2.45) is 0 Å². The Bertz CT molecular complexity index is 6800. The molecule has 14 aromatic heterocycles. The van der Waals surface area contributed by atoms with E-state index in [0.717, 1.165) is 169 Å². The van der Waals surface area contributed by atoms with E-state index in [0.29, 0.717) is 80.0 Å². The molecule has 614 valence electrons. The lowest BCUT2D eigenvalue weighted by atomic mass is 9.89. The maximum Gasteiger partial charge on any atom is 0.258 e. The van der Waals surface area contributed by atoms with Crippen LogP contribution in [0.5, 0.6) is 11.5 Å². The molecule has 0 saturated heterocycles. The first-order valence-electron chi connectivity index (χ1n) is 41.8. The molecule has 121 heavy (non-hydrogen) atoms. The molecule has 2 fully saturated rings. The van der Waals surface area contributed by atoms with Crippen LogP contribution in [0.1, 0.15) is 128 Å². The van der Waals surface area contributed by atoms with Crippen LogP contribution in [0.15, 0.2) is 196 Å². The maximum absolute atomic E-state index is 13.0. The Kier molecular flexibility index (Phi) is 21.7. The summed E-state index contributed by atoms with van der Waals surface area (Å²) >= 11 is 0. The van der Waals surface area contributed by atoms with Gasteiger partial charge in [-0.25, -0.2) is 33.5 Å². The van der Waals surface area contributed by atoms with Crippen LogP contribution in [0, 0.1) is 41.5 Å². The molecular formula is C94H97N21O6. The number of hydrogen-bond acceptors (Lipinski definition) is 20. The minimum atomic E-state index is -0.110. The molecule has 6 aliphatic rings. The molecule has 27 nitrogen and oxygen atoms in total. The average Bonchev–Trinajstić information content (AvgIpc) is 1.74. The fourth-order valence-corrected chi connectivity index (χ4v) is 17.0. The summed E-state index contributed by atoms with van der Waals surface area (Å²) in [6, 6.07) is 35.6. The van der Waals surface area contributed by atoms with Crippen molar-refractivity contribution in [1.29, 1.82) is 0 Å². The van der Waals surface area contributed by atoms with Crippen molar-refractivity contribution in [1.82, 2.24) is 101 Å². The van der Waals surface area contributed by atoms with Gasteiger partial charge in [0.1, 0.15) is 39.7 Å². The summed E-state index contributed by atoms with van der Waals surface area (Å²) in [5.74, 6) is 1.24. The van der Waals surface area contributed by atoms with Crippen LogP contribution in [-0.4, -0.2) is 181 Å². The SMILES string of the molecule is COc1ccc(-c2cc(=O)n3cc(C4=CCNCC4)ccc3n2)cc1OC.Cc1cn2nc(-c3cc(=O)n4cc(C5=CCN(C(C)C)CC5)ccc4n3)cc2c(C)n1.Cc1cn2nc(-c3cc(=O)n4cc(C5=CCN(C6CC6)CC5)ccc4n3)cc2c(C)n1.Cc1cn2nc(-c3cc(=O)n4cc(C5=CCN(C6CCC6)CC5)ccc4n3)cc2c(C)n1. The first-order valence-corrected chi connectivity index (χ1v) is 41.8. The topological polar surface area (TPSA) is 268 Å². The van der Waals surface area contributed by atoms with Gasteiger partial charge in [0, 0.05) is 119 Å². The van der Waals surface area contributed by atoms with Crippen LogP contribution in [0.2, 0.25) is 0 Å². The Hall–Kier alpha value is -13.1. The van der Waals surface area contributed by atoms with Gasteiger partial charge < -0.3 is 14.8 Å². The zero-order valence-corrected chi connectivity index (χ0v) is 69.9. The molecule has 0 amide bonds. The molecule has 27 heteroatoms. The van der Waals surface area contributed by atoms with Crippen LogP contribution < -0.4 is 37.0 Å². The smallest absolute Gasteiger partial charge is 0.258 e. The number of ether oxygens (including phenoxy) is 2. The van der Waals surface area contributed by atoms with Crippen LogP contribution in [-0.2, 0) is 0 Å². The minimum absolute atomic E-state index is 0.0950. The first kappa shape index (κ1) is 79.1. The molecule has 1 aromatic carbocycles. The van der Waals surface area contributed by atoms with Gasteiger partial charge >= 0.3 is 0 Å². The zero-order chi connectivity index (χ0) is 83.4. The summed E-state index contributed by atoms with van der Waals surface area (Å²) in [7, 11) is 3.18. The monoisotopic (exact) mass is 1620 g/mol. The van der Waals surface area contributed by atoms with Gasteiger partial charge in [0.25, 0.3) is 22.2 Å². The number of nitrogens with zero attached hydrogens (tertiary/aromatic N) is 20. The number of aryl methyl sites for hydroxylation is 6. The fourth-order valence-electron chi connectivity index (χ4n) is 17.0. The summed E-state index contributed by atoms with van der Waals surface area (Å²) in [5, 5.41) is 17.2. The Morgan fingerprint density at radius 1 is 0.372 bits per heavy atom. The molecule has 2 saturated carbocycles. The maximum atomic E-state index is 13.0. The van der Waals surface area contributed by atoms with E-state index in [4.69, 9.17) is 24.4 Å². The third-order valence-electron chi connectivity index (χ3n) is 24.0. The van der Waals surface area contributed by atoms with E-state index < -0.39 is 0 Å². The lowest BCUT2D eigenvalue weighted by Crippen LogP contribution is -2.42. The average molecular weight is 1620 g/mol. The van der Waals surface area contributed by atoms with E-state index in [1.165, 1.54) is 54.4 Å². The van der Waals surface area contributed by atoms with E-state index in [1.54, 1.807) is 65.1 Å². The molecule has 0 unspecified atom stereocenters. The number of methoxy groups -OCH3 is 2. The molecule has 18 heterocycles. The number of aromatic nitrogens is 17. The number of pyridine rings is 4. The highest BCUT2D eigenvalue weighted by atomic mass is 16.5. The van der Waals surface area contributed by atoms with E-state index in [9.17, 15) is 19.2 Å². The Balaban J connectivity index is 0.000000111. The van der Waals surface area contributed by atoms with Gasteiger partial charge in [0.15, 0.2) is 11.5 Å². The summed E-state index contributed by atoms with van der Waals surface area (Å²) in [6.45, 7) is 24.2. The second-order valence-electron chi connectivity index (χ2n) is 32.6. The first-order chi connectivity index (χ1) is 58.7. The van der Waals surface area contributed by atoms with Gasteiger partial charge in [-0.3, -0.25) is 66.4 Å². The third-order valence-corrected chi connectivity index (χ3v) is 24.0. The number of benzene rings is 1. The Morgan fingerprint density at radius 2 is 0.744 bits per heavy atom. The van der Waals surface area contributed by atoms with E-state index >= 15 is 0 Å². The minimum Gasteiger partial charge on any atom is -0.493 e. The molecule has 2 aliphatic carbocycles. The van der Waals surface area contributed by atoms with Gasteiger partial charge in [-0.15, -0.1) is 0 Å². The quantitative estimate of drug-likeness (QED) is 0.112. The Labute approximate surface area is 698 Å². The summed E-state index contributed by atoms with van der Waals surface area (Å²) in [5.41, 5.74) is 24.9. The van der Waals surface area contributed by atoms with E-state index in [1.807, 2.05) is 156 Å². The molecule has 0 atom stereocenters. The van der Waals surface area contributed by atoms with Crippen LogP contribution in [0.25, 0.3) is 107 Å². The molecule has 0 bridgehead atoms. The summed E-state index contributed by atoms with van der Waals surface area (Å²) in [4.78, 5) is 91.5. The number of hydrogen-bond donors (Lipinski definition) is 1.